The molecule has 7 heteroatoms. The highest BCUT2D eigenvalue weighted by atomic mass is 35.5. The molecule has 1 amide bonds. The van der Waals surface area contributed by atoms with Crippen LogP contribution in [0.1, 0.15) is 57.8 Å². The molecular weight excluding hydrogens is 474 g/mol. The number of carbonyl (C=O) groups excluding carboxylic acids is 1. The summed E-state index contributed by atoms with van der Waals surface area (Å²) in [6.45, 7) is 12.4. The number of ether oxygens (including phenoxy) is 2. The summed E-state index contributed by atoms with van der Waals surface area (Å²) in [4.78, 5) is 19.1. The number of carbonyl (C=O) groups is 1. The maximum atomic E-state index is 12.4. The number of hydrogen-bond acceptors (Lipinski definition) is 4. The highest BCUT2D eigenvalue weighted by Gasteiger charge is 2.26. The normalized spacial score (nSPS) is 14.7. The maximum Gasteiger partial charge on any atom is 0.410 e. The average Bonchev–Trinajstić information content (AvgIpc) is 3.20. The third-order valence-electron chi connectivity index (χ3n) is 6.55. The number of aryl methyl sites for hydroxylation is 1. The zero-order valence-electron chi connectivity index (χ0n) is 21.5. The van der Waals surface area contributed by atoms with Crippen molar-refractivity contribution in [1.82, 2.24) is 14.5 Å². The summed E-state index contributed by atoms with van der Waals surface area (Å²) in [5.41, 5.74) is 2.62. The molecule has 0 saturated carbocycles. The molecule has 192 valence electrons. The fourth-order valence-corrected chi connectivity index (χ4v) is 4.81. The second-order valence-electron chi connectivity index (χ2n) is 10.4. The second-order valence-corrected chi connectivity index (χ2v) is 10.8. The zero-order valence-corrected chi connectivity index (χ0v) is 22.3. The number of fused-ring (bicyclic) bond motifs is 1. The van der Waals surface area contributed by atoms with Crippen molar-refractivity contribution >= 4 is 34.8 Å². The molecule has 1 aliphatic rings. The molecule has 1 aliphatic heterocycles. The number of piperidine rings is 1. The van der Waals surface area contributed by atoms with Gasteiger partial charge in [0, 0.05) is 30.2 Å². The van der Waals surface area contributed by atoms with Crippen molar-refractivity contribution in [3.8, 4) is 5.75 Å². The largest absolute Gasteiger partial charge is 0.486 e. The molecule has 36 heavy (non-hydrogen) atoms. The van der Waals surface area contributed by atoms with Crippen molar-refractivity contribution in [2.45, 2.75) is 65.2 Å². The number of nitrogens with zero attached hydrogens (tertiary/aromatic N) is 3. The van der Waals surface area contributed by atoms with Gasteiger partial charge in [0.05, 0.1) is 11.0 Å². The van der Waals surface area contributed by atoms with Crippen LogP contribution in [0, 0.1) is 5.92 Å². The van der Waals surface area contributed by atoms with Gasteiger partial charge in [-0.1, -0.05) is 36.4 Å². The van der Waals surface area contributed by atoms with E-state index in [-0.39, 0.29) is 6.09 Å². The number of rotatable bonds is 8. The van der Waals surface area contributed by atoms with Crippen LogP contribution in [0.4, 0.5) is 4.79 Å². The first-order valence-electron chi connectivity index (χ1n) is 12.7. The van der Waals surface area contributed by atoms with Crippen LogP contribution >= 0.6 is 11.6 Å². The average molecular weight is 510 g/mol. The van der Waals surface area contributed by atoms with Gasteiger partial charge in [-0.25, -0.2) is 9.78 Å². The molecule has 0 unspecified atom stereocenters. The summed E-state index contributed by atoms with van der Waals surface area (Å²) in [6.07, 6.45) is 5.82. The van der Waals surface area contributed by atoms with Crippen molar-refractivity contribution < 1.29 is 14.3 Å². The smallest absolute Gasteiger partial charge is 0.410 e. The number of imidazole rings is 1. The molecule has 0 bridgehead atoms. The van der Waals surface area contributed by atoms with Gasteiger partial charge in [-0.05, 0) is 82.7 Å². The Morgan fingerprint density at radius 2 is 1.89 bits per heavy atom. The molecule has 3 aromatic rings. The lowest BCUT2D eigenvalue weighted by atomic mass is 9.92. The van der Waals surface area contributed by atoms with E-state index >= 15 is 0 Å². The lowest BCUT2D eigenvalue weighted by molar-refractivity contribution is 0.0180. The predicted molar refractivity (Wildman–Crippen MR) is 145 cm³/mol. The number of benzene rings is 2. The monoisotopic (exact) mass is 509 g/mol. The fourth-order valence-electron chi connectivity index (χ4n) is 4.69. The predicted octanol–water partition coefficient (Wildman–Crippen LogP) is 7.34. The Morgan fingerprint density at radius 1 is 1.17 bits per heavy atom. The third kappa shape index (κ3) is 6.61. The lowest BCUT2D eigenvalue weighted by Crippen LogP contribution is -2.41. The maximum absolute atomic E-state index is 12.4. The van der Waals surface area contributed by atoms with E-state index in [2.05, 4.69) is 17.2 Å². The Bertz CT molecular complexity index is 1190. The van der Waals surface area contributed by atoms with Crippen molar-refractivity contribution in [1.29, 1.82) is 0 Å². The highest BCUT2D eigenvalue weighted by molar-refractivity contribution is 6.30. The van der Waals surface area contributed by atoms with Crippen LogP contribution in [-0.4, -0.2) is 39.2 Å². The van der Waals surface area contributed by atoms with E-state index in [0.29, 0.717) is 17.5 Å². The first-order chi connectivity index (χ1) is 17.2. The van der Waals surface area contributed by atoms with Crippen LogP contribution in [0.2, 0.25) is 5.02 Å². The molecule has 2 aromatic carbocycles. The van der Waals surface area contributed by atoms with Gasteiger partial charge >= 0.3 is 6.09 Å². The molecule has 0 N–H and O–H groups in total. The summed E-state index contributed by atoms with van der Waals surface area (Å²) < 4.78 is 13.8. The Kier molecular flexibility index (Phi) is 8.24. The standard InChI is InChI=1S/C29H36ClN3O3/c1-5-22-9-6-10-25-27(22)31-26(20-35-24-13-11-23(30)12-14-24)33(25)17-7-8-21-15-18-32(19-16-21)28(34)36-29(2,3)4/h5-6,9-14,21H,1,7-8,15-20H2,2-4H3. The van der Waals surface area contributed by atoms with E-state index in [0.717, 1.165) is 73.5 Å². The van der Waals surface area contributed by atoms with Gasteiger partial charge in [-0.3, -0.25) is 0 Å². The molecule has 0 atom stereocenters. The number of aromatic nitrogens is 2. The Morgan fingerprint density at radius 3 is 2.56 bits per heavy atom. The minimum absolute atomic E-state index is 0.200. The summed E-state index contributed by atoms with van der Waals surface area (Å²) in [5, 5.41) is 0.683. The summed E-state index contributed by atoms with van der Waals surface area (Å²) in [5.74, 6) is 2.27. The summed E-state index contributed by atoms with van der Waals surface area (Å²) in [6, 6.07) is 13.6. The Hall–Kier alpha value is -2.99. The number of hydrogen-bond donors (Lipinski definition) is 0. The number of likely N-dealkylation sites (tertiary alicyclic amines) is 1. The van der Waals surface area contributed by atoms with Crippen molar-refractivity contribution in [3.63, 3.8) is 0 Å². The molecule has 6 nitrogen and oxygen atoms in total. The highest BCUT2D eigenvalue weighted by Crippen LogP contribution is 2.27. The van der Waals surface area contributed by atoms with E-state index in [1.165, 1.54) is 0 Å². The molecule has 2 heterocycles. The van der Waals surface area contributed by atoms with Crippen LogP contribution in [0.3, 0.4) is 0 Å². The molecule has 1 aromatic heterocycles. The Balaban J connectivity index is 1.38. The topological polar surface area (TPSA) is 56.6 Å². The second kappa shape index (κ2) is 11.4. The number of para-hydroxylation sites is 1. The van der Waals surface area contributed by atoms with Gasteiger partial charge in [-0.15, -0.1) is 0 Å². The van der Waals surface area contributed by atoms with Gasteiger partial charge in [0.1, 0.15) is 23.8 Å². The number of halogens is 1. The van der Waals surface area contributed by atoms with E-state index < -0.39 is 5.60 Å². The van der Waals surface area contributed by atoms with Crippen LogP contribution < -0.4 is 4.74 Å². The molecule has 1 fully saturated rings. The van der Waals surface area contributed by atoms with Crippen LogP contribution in [0.25, 0.3) is 17.1 Å². The first kappa shape index (κ1) is 26.1. The Labute approximate surface area is 218 Å². The van der Waals surface area contributed by atoms with E-state index in [1.54, 1.807) is 0 Å². The molecule has 1 saturated heterocycles. The van der Waals surface area contributed by atoms with Crippen molar-refractivity contribution in [2.75, 3.05) is 13.1 Å². The van der Waals surface area contributed by atoms with Gasteiger partial charge in [0.15, 0.2) is 0 Å². The lowest BCUT2D eigenvalue weighted by Gasteiger charge is -2.33. The van der Waals surface area contributed by atoms with Crippen LogP contribution in [0.15, 0.2) is 49.0 Å². The van der Waals surface area contributed by atoms with Crippen LogP contribution in [0.5, 0.6) is 5.75 Å². The van der Waals surface area contributed by atoms with Gasteiger partial charge in [0.25, 0.3) is 0 Å². The van der Waals surface area contributed by atoms with Gasteiger partial charge < -0.3 is 18.9 Å². The molecule has 4 rings (SSSR count). The summed E-state index contributed by atoms with van der Waals surface area (Å²) >= 11 is 6.00. The molecule has 0 aliphatic carbocycles. The zero-order chi connectivity index (χ0) is 25.7. The molecular formula is C29H36ClN3O3. The molecule has 0 radical (unpaired) electrons. The fraction of sp³-hybridized carbons (Fsp3) is 0.448. The summed E-state index contributed by atoms with van der Waals surface area (Å²) in [7, 11) is 0. The van der Waals surface area contributed by atoms with E-state index in [1.807, 2.05) is 68.1 Å². The van der Waals surface area contributed by atoms with Crippen molar-refractivity contribution in [3.05, 3.63) is 65.5 Å². The van der Waals surface area contributed by atoms with Gasteiger partial charge in [-0.2, -0.15) is 0 Å². The van der Waals surface area contributed by atoms with Crippen LogP contribution in [-0.2, 0) is 17.9 Å². The van der Waals surface area contributed by atoms with E-state index in [9.17, 15) is 4.79 Å². The van der Waals surface area contributed by atoms with Gasteiger partial charge in [0.2, 0.25) is 0 Å². The minimum Gasteiger partial charge on any atom is -0.486 e. The first-order valence-corrected chi connectivity index (χ1v) is 13.1. The number of amides is 1. The minimum atomic E-state index is -0.456. The third-order valence-corrected chi connectivity index (χ3v) is 6.80. The quantitative estimate of drug-likeness (QED) is 0.319. The van der Waals surface area contributed by atoms with E-state index in [4.69, 9.17) is 26.1 Å². The van der Waals surface area contributed by atoms with Crippen molar-refractivity contribution in [2.24, 2.45) is 5.92 Å². The molecule has 0 spiro atoms. The SMILES string of the molecule is C=Cc1cccc2c1nc(COc1ccc(Cl)cc1)n2CCCC1CCN(C(=O)OC(C)(C)C)CC1.